The molecular weight excluding hydrogens is 182 g/mol. The molecule has 0 saturated carbocycles. The van der Waals surface area contributed by atoms with Gasteiger partial charge in [-0.15, -0.1) is 0 Å². The Balaban J connectivity index is 2.44. The molecule has 0 aliphatic carbocycles. The van der Waals surface area contributed by atoms with Gasteiger partial charge in [-0.25, -0.2) is 5.01 Å². The summed E-state index contributed by atoms with van der Waals surface area (Å²) in [4.78, 5) is 11.5. The molecule has 78 valence electrons. The van der Waals surface area contributed by atoms with Gasteiger partial charge < -0.3 is 4.74 Å². The van der Waals surface area contributed by atoms with Crippen LogP contribution in [0, 0.1) is 16.7 Å². The lowest BCUT2D eigenvalue weighted by Gasteiger charge is -2.29. The highest BCUT2D eigenvalue weighted by Gasteiger charge is 2.28. The fraction of sp³-hybridized carbons (Fsp3) is 0.778. The van der Waals surface area contributed by atoms with Crippen molar-refractivity contribution in [2.45, 2.75) is 13.8 Å². The highest BCUT2D eigenvalue weighted by Crippen LogP contribution is 2.13. The molecule has 0 radical (unpaired) electrons. The summed E-state index contributed by atoms with van der Waals surface area (Å²) in [5.74, 6) is -0.262. The maximum atomic E-state index is 11.5. The molecule has 1 amide bonds. The Kier molecular flexibility index (Phi) is 3.44. The largest absolute Gasteiger partial charge is 0.379 e. The molecule has 0 unspecified atom stereocenters. The Morgan fingerprint density at radius 1 is 1.50 bits per heavy atom. The van der Waals surface area contributed by atoms with Crippen molar-refractivity contribution in [1.29, 1.82) is 5.26 Å². The fourth-order valence-electron chi connectivity index (χ4n) is 1.01. The summed E-state index contributed by atoms with van der Waals surface area (Å²) in [5.41, 5.74) is 1.73. The van der Waals surface area contributed by atoms with Crippen molar-refractivity contribution in [3.63, 3.8) is 0 Å². The van der Waals surface area contributed by atoms with E-state index in [1.54, 1.807) is 18.9 Å². The van der Waals surface area contributed by atoms with Gasteiger partial charge in [-0.05, 0) is 13.8 Å². The summed E-state index contributed by atoms with van der Waals surface area (Å²) >= 11 is 0. The lowest BCUT2D eigenvalue weighted by molar-refractivity contribution is -0.133. The highest BCUT2D eigenvalue weighted by molar-refractivity contribution is 5.84. The van der Waals surface area contributed by atoms with Crippen molar-refractivity contribution in [1.82, 2.24) is 10.4 Å². The minimum atomic E-state index is -0.974. The average Bonchev–Trinajstić information content (AvgIpc) is 2.19. The molecule has 1 rings (SSSR count). The first-order valence-electron chi connectivity index (χ1n) is 4.61. The number of amides is 1. The zero-order valence-electron chi connectivity index (χ0n) is 8.54. The zero-order valence-corrected chi connectivity index (χ0v) is 8.54. The molecule has 1 saturated heterocycles. The molecule has 1 aliphatic heterocycles. The SMILES string of the molecule is CC(C)(C#N)C(=O)NN1CCOCC1. The number of hydrazine groups is 1. The van der Waals surface area contributed by atoms with Crippen molar-refractivity contribution in [3.8, 4) is 6.07 Å². The standard InChI is InChI=1S/C9H15N3O2/c1-9(2,7-10)8(13)11-12-3-5-14-6-4-12/h3-6H2,1-2H3,(H,11,13). The van der Waals surface area contributed by atoms with Gasteiger partial charge in [-0.2, -0.15) is 5.26 Å². The van der Waals surface area contributed by atoms with Crippen LogP contribution in [-0.4, -0.2) is 37.2 Å². The molecule has 0 aromatic heterocycles. The van der Waals surface area contributed by atoms with Crippen LogP contribution >= 0.6 is 0 Å². The molecule has 0 spiro atoms. The number of rotatable bonds is 2. The monoisotopic (exact) mass is 197 g/mol. The Bertz CT molecular complexity index is 251. The number of nitrogens with one attached hydrogen (secondary N) is 1. The third-order valence-corrected chi connectivity index (χ3v) is 2.12. The Morgan fingerprint density at radius 3 is 2.57 bits per heavy atom. The number of hydrogen-bond acceptors (Lipinski definition) is 4. The molecule has 5 nitrogen and oxygen atoms in total. The van der Waals surface area contributed by atoms with Crippen molar-refractivity contribution in [3.05, 3.63) is 0 Å². The molecule has 14 heavy (non-hydrogen) atoms. The Morgan fingerprint density at radius 2 is 2.07 bits per heavy atom. The van der Waals surface area contributed by atoms with Gasteiger partial charge in [0.1, 0.15) is 5.41 Å². The lowest BCUT2D eigenvalue weighted by Crippen LogP contribution is -2.51. The number of carbonyl (C=O) groups is 1. The molecule has 0 atom stereocenters. The van der Waals surface area contributed by atoms with Crippen LogP contribution in [-0.2, 0) is 9.53 Å². The predicted molar refractivity (Wildman–Crippen MR) is 49.9 cm³/mol. The second kappa shape index (κ2) is 4.40. The number of morpholine rings is 1. The minimum Gasteiger partial charge on any atom is -0.379 e. The molecule has 0 aromatic rings. The number of carbonyl (C=O) groups excluding carboxylic acids is 1. The van der Waals surface area contributed by atoms with Crippen molar-refractivity contribution in [2.75, 3.05) is 26.3 Å². The van der Waals surface area contributed by atoms with E-state index in [0.29, 0.717) is 26.3 Å². The van der Waals surface area contributed by atoms with E-state index < -0.39 is 5.41 Å². The van der Waals surface area contributed by atoms with Crippen molar-refractivity contribution >= 4 is 5.91 Å². The lowest BCUT2D eigenvalue weighted by atomic mass is 9.95. The van der Waals surface area contributed by atoms with Gasteiger partial charge in [0, 0.05) is 13.1 Å². The third kappa shape index (κ3) is 2.69. The van der Waals surface area contributed by atoms with Crippen LogP contribution in [0.4, 0.5) is 0 Å². The summed E-state index contributed by atoms with van der Waals surface area (Å²) < 4.78 is 5.14. The molecule has 1 N–H and O–H groups in total. The molecule has 1 fully saturated rings. The molecule has 0 bridgehead atoms. The van der Waals surface area contributed by atoms with Gasteiger partial charge in [0.25, 0.3) is 5.91 Å². The second-order valence-electron chi connectivity index (χ2n) is 3.78. The second-order valence-corrected chi connectivity index (χ2v) is 3.78. The van der Waals surface area contributed by atoms with Crippen LogP contribution in [0.2, 0.25) is 0 Å². The molecule has 1 aliphatic rings. The van der Waals surface area contributed by atoms with Gasteiger partial charge in [-0.1, -0.05) is 0 Å². The van der Waals surface area contributed by atoms with Crippen LogP contribution in [0.5, 0.6) is 0 Å². The number of hydrogen-bond donors (Lipinski definition) is 1. The quantitative estimate of drug-likeness (QED) is 0.671. The van der Waals surface area contributed by atoms with Crippen LogP contribution in [0.3, 0.4) is 0 Å². The molecule has 0 aromatic carbocycles. The summed E-state index contributed by atoms with van der Waals surface area (Å²) in [6, 6.07) is 1.96. The maximum absolute atomic E-state index is 11.5. The van der Waals surface area contributed by atoms with E-state index in [2.05, 4.69) is 5.43 Å². The minimum absolute atomic E-state index is 0.262. The highest BCUT2D eigenvalue weighted by atomic mass is 16.5. The average molecular weight is 197 g/mol. The van der Waals surface area contributed by atoms with Crippen LogP contribution in [0.15, 0.2) is 0 Å². The number of ether oxygens (including phenoxy) is 1. The molecule has 1 heterocycles. The summed E-state index contributed by atoms with van der Waals surface area (Å²) in [7, 11) is 0. The first-order chi connectivity index (χ1) is 6.56. The third-order valence-electron chi connectivity index (χ3n) is 2.12. The topological polar surface area (TPSA) is 65.4 Å². The van der Waals surface area contributed by atoms with E-state index >= 15 is 0 Å². The first-order valence-corrected chi connectivity index (χ1v) is 4.61. The van der Waals surface area contributed by atoms with E-state index in [0.717, 1.165) is 0 Å². The fourth-order valence-corrected chi connectivity index (χ4v) is 1.01. The van der Waals surface area contributed by atoms with Crippen LogP contribution in [0.1, 0.15) is 13.8 Å². The summed E-state index contributed by atoms with van der Waals surface area (Å²) in [6.07, 6.45) is 0. The van der Waals surface area contributed by atoms with Crippen molar-refractivity contribution in [2.24, 2.45) is 5.41 Å². The van der Waals surface area contributed by atoms with Crippen LogP contribution < -0.4 is 5.43 Å². The van der Waals surface area contributed by atoms with Gasteiger partial charge in [0.15, 0.2) is 0 Å². The summed E-state index contributed by atoms with van der Waals surface area (Å²) in [6.45, 7) is 5.78. The maximum Gasteiger partial charge on any atom is 0.254 e. The Labute approximate surface area is 83.6 Å². The van der Waals surface area contributed by atoms with E-state index in [1.165, 1.54) is 0 Å². The molecule has 5 heteroatoms. The van der Waals surface area contributed by atoms with E-state index in [9.17, 15) is 4.79 Å². The smallest absolute Gasteiger partial charge is 0.254 e. The molecular formula is C9H15N3O2. The van der Waals surface area contributed by atoms with Gasteiger partial charge in [0.05, 0.1) is 19.3 Å². The van der Waals surface area contributed by atoms with Crippen molar-refractivity contribution < 1.29 is 9.53 Å². The number of nitrogens with zero attached hydrogens (tertiary/aromatic N) is 2. The van der Waals surface area contributed by atoms with Gasteiger partial charge in [0.2, 0.25) is 0 Å². The van der Waals surface area contributed by atoms with Gasteiger partial charge >= 0.3 is 0 Å². The Hall–Kier alpha value is -1.12. The van der Waals surface area contributed by atoms with Crippen LogP contribution in [0.25, 0.3) is 0 Å². The van der Waals surface area contributed by atoms with E-state index in [4.69, 9.17) is 10.00 Å². The predicted octanol–water partition coefficient (Wildman–Crippen LogP) is -0.100. The van der Waals surface area contributed by atoms with E-state index in [-0.39, 0.29) is 5.91 Å². The number of nitriles is 1. The zero-order chi connectivity index (χ0) is 10.6. The first kappa shape index (κ1) is 11.0. The normalized spacial score (nSPS) is 18.6. The van der Waals surface area contributed by atoms with Gasteiger partial charge in [-0.3, -0.25) is 10.2 Å². The van der Waals surface area contributed by atoms with E-state index in [1.807, 2.05) is 6.07 Å². The summed E-state index contributed by atoms with van der Waals surface area (Å²) in [5, 5.41) is 10.5.